The maximum absolute atomic E-state index is 11.4. The van der Waals surface area contributed by atoms with Crippen LogP contribution in [-0.2, 0) is 4.79 Å². The van der Waals surface area contributed by atoms with Gasteiger partial charge in [0.25, 0.3) is 0 Å². The highest BCUT2D eigenvalue weighted by molar-refractivity contribution is 7.99. The fourth-order valence-corrected chi connectivity index (χ4v) is 4.05. The second kappa shape index (κ2) is 3.44. The molecule has 0 aromatic rings. The molecule has 0 aromatic carbocycles. The minimum atomic E-state index is 0.341. The maximum atomic E-state index is 11.4. The Bertz CT molecular complexity index is 246. The summed E-state index contributed by atoms with van der Waals surface area (Å²) < 4.78 is 0. The third-order valence-corrected chi connectivity index (χ3v) is 5.07. The van der Waals surface area contributed by atoms with Crippen LogP contribution in [0.4, 0.5) is 0 Å². The molecule has 2 nitrogen and oxygen atoms in total. The summed E-state index contributed by atoms with van der Waals surface area (Å²) in [5.41, 5.74) is 0. The van der Waals surface area contributed by atoms with Gasteiger partial charge in [-0.25, -0.2) is 0 Å². The monoisotopic (exact) mass is 211 g/mol. The largest absolute Gasteiger partial charge is 0.352 e. The van der Waals surface area contributed by atoms with E-state index in [9.17, 15) is 4.79 Å². The summed E-state index contributed by atoms with van der Waals surface area (Å²) in [6.07, 6.45) is 5.28. The Labute approximate surface area is 89.2 Å². The molecular formula is C11H17NOS. The Morgan fingerprint density at radius 2 is 2.07 bits per heavy atom. The van der Waals surface area contributed by atoms with Gasteiger partial charge < -0.3 is 5.32 Å². The van der Waals surface area contributed by atoms with Crippen LogP contribution in [0.3, 0.4) is 0 Å². The SMILES string of the molecule is O=C1NC(C2CCCSC2)C1C1CC1. The third-order valence-electron chi connectivity index (χ3n) is 3.83. The summed E-state index contributed by atoms with van der Waals surface area (Å²) in [7, 11) is 0. The average molecular weight is 211 g/mol. The van der Waals surface area contributed by atoms with Gasteiger partial charge in [0.2, 0.25) is 5.91 Å². The number of carbonyl (C=O) groups is 1. The number of nitrogens with one attached hydrogen (secondary N) is 1. The van der Waals surface area contributed by atoms with Crippen LogP contribution in [0.25, 0.3) is 0 Å². The Morgan fingerprint density at radius 3 is 2.64 bits per heavy atom. The molecule has 3 rings (SSSR count). The van der Waals surface area contributed by atoms with E-state index in [-0.39, 0.29) is 0 Å². The molecule has 1 N–H and O–H groups in total. The summed E-state index contributed by atoms with van der Waals surface area (Å²) >= 11 is 2.06. The third kappa shape index (κ3) is 1.46. The zero-order valence-corrected chi connectivity index (χ0v) is 9.19. The molecule has 3 unspecified atom stereocenters. The predicted molar refractivity (Wildman–Crippen MR) is 58.2 cm³/mol. The van der Waals surface area contributed by atoms with E-state index in [2.05, 4.69) is 17.1 Å². The van der Waals surface area contributed by atoms with Crippen molar-refractivity contribution in [3.8, 4) is 0 Å². The lowest BCUT2D eigenvalue weighted by atomic mass is 9.77. The molecule has 1 saturated carbocycles. The highest BCUT2D eigenvalue weighted by Gasteiger charge is 2.51. The van der Waals surface area contributed by atoms with E-state index in [1.54, 1.807) is 0 Å². The highest BCUT2D eigenvalue weighted by atomic mass is 32.2. The molecule has 3 aliphatic rings. The second-order valence-corrected chi connectivity index (χ2v) is 6.02. The minimum Gasteiger partial charge on any atom is -0.352 e. The molecule has 0 bridgehead atoms. The number of hydrogen-bond donors (Lipinski definition) is 1. The van der Waals surface area contributed by atoms with Crippen molar-refractivity contribution < 1.29 is 4.79 Å². The van der Waals surface area contributed by atoms with Gasteiger partial charge in [-0.1, -0.05) is 0 Å². The molecule has 3 fully saturated rings. The van der Waals surface area contributed by atoms with Crippen LogP contribution in [0.5, 0.6) is 0 Å². The molecule has 2 saturated heterocycles. The van der Waals surface area contributed by atoms with E-state index >= 15 is 0 Å². The van der Waals surface area contributed by atoms with Crippen molar-refractivity contribution in [2.45, 2.75) is 31.7 Å². The highest BCUT2D eigenvalue weighted by Crippen LogP contribution is 2.45. The van der Waals surface area contributed by atoms with Gasteiger partial charge in [0, 0.05) is 6.04 Å². The Kier molecular flexibility index (Phi) is 2.23. The van der Waals surface area contributed by atoms with Crippen LogP contribution in [0.1, 0.15) is 25.7 Å². The van der Waals surface area contributed by atoms with E-state index in [4.69, 9.17) is 0 Å². The molecule has 0 aromatic heterocycles. The van der Waals surface area contributed by atoms with Gasteiger partial charge in [0.05, 0.1) is 5.92 Å². The molecule has 2 heterocycles. The smallest absolute Gasteiger partial charge is 0.225 e. The van der Waals surface area contributed by atoms with Gasteiger partial charge in [-0.3, -0.25) is 4.79 Å². The molecule has 2 aliphatic heterocycles. The molecule has 3 atom stereocenters. The van der Waals surface area contributed by atoms with Crippen molar-refractivity contribution in [2.75, 3.05) is 11.5 Å². The van der Waals surface area contributed by atoms with Gasteiger partial charge in [0.15, 0.2) is 0 Å². The van der Waals surface area contributed by atoms with Gasteiger partial charge >= 0.3 is 0 Å². The molecule has 1 amide bonds. The summed E-state index contributed by atoms with van der Waals surface area (Å²) in [6.45, 7) is 0. The average Bonchev–Trinajstić information content (AvgIpc) is 2.99. The normalized spacial score (nSPS) is 42.9. The topological polar surface area (TPSA) is 29.1 Å². The minimum absolute atomic E-state index is 0.341. The van der Waals surface area contributed by atoms with Crippen LogP contribution in [0.2, 0.25) is 0 Å². The quantitative estimate of drug-likeness (QED) is 0.704. The number of amides is 1. The van der Waals surface area contributed by atoms with Crippen molar-refractivity contribution in [1.82, 2.24) is 5.32 Å². The first-order chi connectivity index (χ1) is 6.86. The van der Waals surface area contributed by atoms with Gasteiger partial charge in [-0.15, -0.1) is 0 Å². The summed E-state index contributed by atoms with van der Waals surface area (Å²) in [5, 5.41) is 3.13. The van der Waals surface area contributed by atoms with E-state index < -0.39 is 0 Å². The number of thioether (sulfide) groups is 1. The van der Waals surface area contributed by atoms with Gasteiger partial charge in [0.1, 0.15) is 0 Å². The molecule has 3 heteroatoms. The fourth-order valence-electron chi connectivity index (χ4n) is 2.84. The first-order valence-electron chi connectivity index (χ1n) is 5.74. The van der Waals surface area contributed by atoms with Crippen LogP contribution in [0, 0.1) is 17.8 Å². The van der Waals surface area contributed by atoms with Crippen LogP contribution in [0.15, 0.2) is 0 Å². The number of carbonyl (C=O) groups excluding carboxylic acids is 1. The lowest BCUT2D eigenvalue weighted by molar-refractivity contribution is -0.138. The number of hydrogen-bond acceptors (Lipinski definition) is 2. The Morgan fingerprint density at radius 1 is 1.21 bits per heavy atom. The molecule has 0 radical (unpaired) electrons. The summed E-state index contributed by atoms with van der Waals surface area (Å²) in [4.78, 5) is 11.4. The molecule has 78 valence electrons. The van der Waals surface area contributed by atoms with Crippen LogP contribution in [-0.4, -0.2) is 23.5 Å². The molecule has 14 heavy (non-hydrogen) atoms. The van der Waals surface area contributed by atoms with E-state index in [0.29, 0.717) is 17.9 Å². The van der Waals surface area contributed by atoms with Crippen molar-refractivity contribution >= 4 is 17.7 Å². The van der Waals surface area contributed by atoms with Crippen molar-refractivity contribution in [3.63, 3.8) is 0 Å². The first kappa shape index (κ1) is 9.08. The number of β-lactam (4-membered cyclic amide) rings is 1. The second-order valence-electron chi connectivity index (χ2n) is 4.87. The zero-order chi connectivity index (χ0) is 9.54. The maximum Gasteiger partial charge on any atom is 0.225 e. The Balaban J connectivity index is 1.63. The van der Waals surface area contributed by atoms with E-state index in [1.807, 2.05) is 0 Å². The predicted octanol–water partition coefficient (Wildman–Crippen LogP) is 1.65. The van der Waals surface area contributed by atoms with Gasteiger partial charge in [-0.05, 0) is 49.0 Å². The zero-order valence-electron chi connectivity index (χ0n) is 8.37. The summed E-state index contributed by atoms with van der Waals surface area (Å²) in [6, 6.07) is 0.544. The van der Waals surface area contributed by atoms with Crippen LogP contribution < -0.4 is 5.32 Å². The van der Waals surface area contributed by atoms with Gasteiger partial charge in [-0.2, -0.15) is 11.8 Å². The summed E-state index contributed by atoms with van der Waals surface area (Å²) in [5.74, 6) is 4.86. The Hall–Kier alpha value is -0.180. The lowest BCUT2D eigenvalue weighted by Crippen LogP contribution is -2.62. The molecule has 0 spiro atoms. The standard InChI is InChI=1S/C11H17NOS/c13-11-9(7-3-4-7)10(12-11)8-2-1-5-14-6-8/h7-10H,1-6H2,(H,12,13). The van der Waals surface area contributed by atoms with Crippen molar-refractivity contribution in [1.29, 1.82) is 0 Å². The van der Waals surface area contributed by atoms with Crippen molar-refractivity contribution in [2.24, 2.45) is 17.8 Å². The van der Waals surface area contributed by atoms with E-state index in [0.717, 1.165) is 11.8 Å². The fraction of sp³-hybridized carbons (Fsp3) is 0.909. The van der Waals surface area contributed by atoms with Crippen LogP contribution >= 0.6 is 11.8 Å². The molecular weight excluding hydrogens is 194 g/mol. The van der Waals surface area contributed by atoms with Crippen molar-refractivity contribution in [3.05, 3.63) is 0 Å². The van der Waals surface area contributed by atoms with E-state index in [1.165, 1.54) is 37.2 Å². The lowest BCUT2D eigenvalue weighted by Gasteiger charge is -2.43. The molecule has 1 aliphatic carbocycles. The number of rotatable bonds is 2. The first-order valence-corrected chi connectivity index (χ1v) is 6.90.